The van der Waals surface area contributed by atoms with E-state index in [0.29, 0.717) is 6.61 Å². The van der Waals surface area contributed by atoms with E-state index in [1.54, 1.807) is 0 Å². The summed E-state index contributed by atoms with van der Waals surface area (Å²) in [5, 5.41) is 15.1. The molecule has 0 aromatic heterocycles. The largest absolute Gasteiger partial charge is 0.400 e. The van der Waals surface area contributed by atoms with Crippen molar-refractivity contribution in [3.8, 4) is 0 Å². The number of rotatable bonds is 2. The molecule has 0 saturated carbocycles. The minimum Gasteiger partial charge on any atom is -0.400 e. The molecule has 0 amide bonds. The van der Waals surface area contributed by atoms with E-state index in [1.165, 1.54) is 7.05 Å². The zero-order valence-corrected chi connectivity index (χ0v) is 6.59. The van der Waals surface area contributed by atoms with E-state index in [-0.39, 0.29) is 0 Å². The van der Waals surface area contributed by atoms with Crippen LogP contribution in [0.2, 0.25) is 0 Å². The lowest BCUT2D eigenvalue weighted by molar-refractivity contribution is 0.287. The van der Waals surface area contributed by atoms with Crippen molar-refractivity contribution < 1.29 is 10.2 Å². The second-order valence-corrected chi connectivity index (χ2v) is 1.08. The van der Waals surface area contributed by atoms with Gasteiger partial charge in [-0.25, -0.2) is 0 Å². The van der Waals surface area contributed by atoms with Crippen LogP contribution in [0.4, 0.5) is 0 Å². The van der Waals surface area contributed by atoms with Crippen LogP contribution in [-0.4, -0.2) is 31.0 Å². The van der Waals surface area contributed by atoms with Crippen LogP contribution in [-0.2, 0) is 0 Å². The van der Waals surface area contributed by atoms with Crippen molar-refractivity contribution in [1.29, 1.82) is 0 Å². The summed E-state index contributed by atoms with van der Waals surface area (Å²) >= 11 is 0. The molecule has 0 heterocycles. The molecule has 0 spiro atoms. The fourth-order valence-corrected chi connectivity index (χ4v) is 0.158. The second-order valence-electron chi connectivity index (χ2n) is 1.08. The van der Waals surface area contributed by atoms with Crippen molar-refractivity contribution in [2.75, 3.05) is 20.8 Å². The zero-order chi connectivity index (χ0) is 8.12. The predicted molar refractivity (Wildman–Crippen MR) is 40.2 cm³/mol. The van der Waals surface area contributed by atoms with Gasteiger partial charge < -0.3 is 15.9 Å². The molecule has 4 N–H and O–H groups in total. The van der Waals surface area contributed by atoms with Gasteiger partial charge in [0.05, 0.1) is 0 Å². The number of unbranched alkanes of at least 4 members (excludes halogenated alkanes) is 1. The molecular weight excluding hydrogens is 118 g/mol. The molecule has 0 aliphatic heterocycles. The Hall–Kier alpha value is -0.120. The van der Waals surface area contributed by atoms with Crippen LogP contribution in [0.15, 0.2) is 0 Å². The molecule has 0 radical (unpaired) electrons. The quantitative estimate of drug-likeness (QED) is 0.500. The predicted octanol–water partition coefficient (Wildman–Crippen LogP) is -0.0378. The molecule has 60 valence electrons. The van der Waals surface area contributed by atoms with Crippen LogP contribution < -0.4 is 5.73 Å². The normalized spacial score (nSPS) is 6.00. The smallest absolute Gasteiger partial charge is 0.0430 e. The van der Waals surface area contributed by atoms with E-state index in [1.807, 2.05) is 0 Å². The van der Waals surface area contributed by atoms with E-state index < -0.39 is 0 Å². The first kappa shape index (κ1) is 15.9. The number of nitrogens with two attached hydrogens (primary N) is 1. The molecule has 3 heteroatoms. The minimum absolute atomic E-state index is 0.344. The number of aliphatic hydroxyl groups excluding tert-OH is 2. The van der Waals surface area contributed by atoms with Crippen molar-refractivity contribution in [1.82, 2.24) is 0 Å². The summed E-state index contributed by atoms with van der Waals surface area (Å²) in [5.41, 5.74) is 4.50. The minimum atomic E-state index is 0.344. The fraction of sp³-hybridized carbons (Fsp3) is 1.00. The lowest BCUT2D eigenvalue weighted by Crippen LogP contribution is -1.75. The molecule has 0 bridgehead atoms. The summed E-state index contributed by atoms with van der Waals surface area (Å²) < 4.78 is 0. The number of aliphatic hydroxyl groups is 2. The number of hydrogen-bond acceptors (Lipinski definition) is 3. The summed E-state index contributed by atoms with van der Waals surface area (Å²) in [6, 6.07) is 0. The molecule has 0 aromatic rings. The first-order valence-electron chi connectivity index (χ1n) is 3.05. The van der Waals surface area contributed by atoms with Crippen molar-refractivity contribution in [2.45, 2.75) is 19.8 Å². The van der Waals surface area contributed by atoms with Crippen LogP contribution in [0.5, 0.6) is 0 Å². The van der Waals surface area contributed by atoms with Gasteiger partial charge in [-0.15, -0.1) is 0 Å². The monoisotopic (exact) mass is 137 g/mol. The molecule has 0 fully saturated rings. The molecule has 0 atom stereocenters. The van der Waals surface area contributed by atoms with Gasteiger partial charge in [0.2, 0.25) is 0 Å². The molecule has 0 unspecified atom stereocenters. The molecule has 3 nitrogen and oxygen atoms in total. The van der Waals surface area contributed by atoms with Crippen molar-refractivity contribution in [2.24, 2.45) is 5.73 Å². The zero-order valence-electron chi connectivity index (χ0n) is 6.59. The third kappa shape index (κ3) is 77.1. The molecule has 0 saturated heterocycles. The van der Waals surface area contributed by atoms with E-state index in [4.69, 9.17) is 10.2 Å². The van der Waals surface area contributed by atoms with Gasteiger partial charge in [0.15, 0.2) is 0 Å². The first-order valence-corrected chi connectivity index (χ1v) is 3.05. The Morgan fingerprint density at radius 2 is 1.56 bits per heavy atom. The fourth-order valence-electron chi connectivity index (χ4n) is 0.158. The van der Waals surface area contributed by atoms with Crippen molar-refractivity contribution in [3.05, 3.63) is 0 Å². The molecule has 0 aromatic carbocycles. The van der Waals surface area contributed by atoms with Gasteiger partial charge in [0, 0.05) is 13.7 Å². The Labute approximate surface area is 57.5 Å². The summed E-state index contributed by atoms with van der Waals surface area (Å²) in [5.74, 6) is 0. The van der Waals surface area contributed by atoms with Crippen LogP contribution >= 0.6 is 0 Å². The van der Waals surface area contributed by atoms with Gasteiger partial charge in [0.25, 0.3) is 0 Å². The highest BCUT2D eigenvalue weighted by atomic mass is 16.3. The highest BCUT2D eigenvalue weighted by Gasteiger charge is 1.69. The van der Waals surface area contributed by atoms with Crippen LogP contribution in [0.1, 0.15) is 19.8 Å². The average Bonchev–Trinajstić information content (AvgIpc) is 1.98. The standard InChI is InChI=1S/C4H10O.CH5N.CH4O/c1-2-3-4-5;2*1-2/h5H,2-4H2,1H3;2H2,1H3;2H,1H3. The molecule has 9 heavy (non-hydrogen) atoms. The summed E-state index contributed by atoms with van der Waals surface area (Å²) in [6.45, 7) is 2.40. The lowest BCUT2D eigenvalue weighted by atomic mass is 10.4. The topological polar surface area (TPSA) is 66.5 Å². The Bertz CT molecular complexity index is 18.5. The third-order valence-electron chi connectivity index (χ3n) is 0.512. The maximum absolute atomic E-state index is 8.07. The SMILES string of the molecule is CCCCO.CN.CO. The average molecular weight is 137 g/mol. The Morgan fingerprint density at radius 1 is 1.22 bits per heavy atom. The molecule has 0 aliphatic carbocycles. The maximum atomic E-state index is 8.07. The van der Waals surface area contributed by atoms with Crippen LogP contribution in [0, 0.1) is 0 Å². The van der Waals surface area contributed by atoms with E-state index >= 15 is 0 Å². The van der Waals surface area contributed by atoms with Gasteiger partial charge >= 0.3 is 0 Å². The Balaban J connectivity index is -0.0000000771. The third-order valence-corrected chi connectivity index (χ3v) is 0.512. The molecular formula is C6H19NO2. The summed E-state index contributed by atoms with van der Waals surface area (Å²) in [7, 11) is 2.50. The highest BCUT2D eigenvalue weighted by molar-refractivity contribution is 4.23. The molecule has 0 rings (SSSR count). The molecule has 0 aliphatic rings. The second kappa shape index (κ2) is 45.0. The van der Waals surface area contributed by atoms with E-state index in [0.717, 1.165) is 20.0 Å². The Kier molecular flexibility index (Phi) is 79.7. The van der Waals surface area contributed by atoms with Crippen molar-refractivity contribution in [3.63, 3.8) is 0 Å². The van der Waals surface area contributed by atoms with Gasteiger partial charge in [-0.05, 0) is 13.5 Å². The van der Waals surface area contributed by atoms with Gasteiger partial charge in [-0.3, -0.25) is 0 Å². The van der Waals surface area contributed by atoms with Gasteiger partial charge in [-0.1, -0.05) is 13.3 Å². The maximum Gasteiger partial charge on any atom is 0.0430 e. The summed E-state index contributed by atoms with van der Waals surface area (Å²) in [4.78, 5) is 0. The van der Waals surface area contributed by atoms with E-state index in [2.05, 4.69) is 12.7 Å². The Morgan fingerprint density at radius 3 is 1.56 bits per heavy atom. The first-order chi connectivity index (χ1) is 4.41. The van der Waals surface area contributed by atoms with Gasteiger partial charge in [0.1, 0.15) is 0 Å². The lowest BCUT2D eigenvalue weighted by Gasteiger charge is -1.79. The van der Waals surface area contributed by atoms with Gasteiger partial charge in [-0.2, -0.15) is 0 Å². The number of hydrogen-bond donors (Lipinski definition) is 3. The van der Waals surface area contributed by atoms with Crippen LogP contribution in [0.25, 0.3) is 0 Å². The van der Waals surface area contributed by atoms with E-state index in [9.17, 15) is 0 Å². The van der Waals surface area contributed by atoms with Crippen molar-refractivity contribution >= 4 is 0 Å². The summed E-state index contributed by atoms with van der Waals surface area (Å²) in [6.07, 6.45) is 2.04. The van der Waals surface area contributed by atoms with Crippen LogP contribution in [0.3, 0.4) is 0 Å². The highest BCUT2D eigenvalue weighted by Crippen LogP contribution is 1.78.